The number of alkyl halides is 2. The van der Waals surface area contributed by atoms with Gasteiger partial charge in [0, 0.05) is 0 Å². The molecule has 46 heavy (non-hydrogen) atoms. The Morgan fingerprint density at radius 3 is 2.41 bits per heavy atom. The Bertz CT molecular complexity index is 1970. The normalized spacial score (nSPS) is 37.4. The Kier molecular flexibility index (Phi) is 7.90. The number of hydrogen-bond acceptors (Lipinski definition) is 16. The van der Waals surface area contributed by atoms with E-state index < -0.39 is 88.7 Å². The molecule has 0 spiro atoms. The molecule has 3 saturated heterocycles. The lowest BCUT2D eigenvalue weighted by molar-refractivity contribution is -0.0618. The van der Waals surface area contributed by atoms with Gasteiger partial charge in [0.2, 0.25) is 5.95 Å². The SMILES string of the molecule is Nc1nc2c(ncn2[C@@H]2O[C@@H]3COP(=O)(S)CO[C@H]4[C@@H](F)[C@H](n5cnc6c(N)ncnc65)O[C@@H]4COP(=O)(O)O[C@@H]2[C@@H]3F)c(=O)[nH]1. The van der Waals surface area contributed by atoms with Crippen molar-refractivity contribution in [2.75, 3.05) is 31.0 Å². The molecule has 6 N–H and O–H groups in total. The summed E-state index contributed by atoms with van der Waals surface area (Å²) in [5.41, 5.74) is 10.7. The summed E-state index contributed by atoms with van der Waals surface area (Å²) in [5, 5.41) is 0. The molecule has 7 rings (SSSR count). The summed E-state index contributed by atoms with van der Waals surface area (Å²) >= 11 is 4.03. The second-order valence-electron chi connectivity index (χ2n) is 10.4. The van der Waals surface area contributed by atoms with Crippen molar-refractivity contribution in [2.45, 2.75) is 49.2 Å². The molecule has 20 nitrogen and oxygen atoms in total. The Morgan fingerprint density at radius 1 is 0.935 bits per heavy atom. The minimum Gasteiger partial charge on any atom is -0.382 e. The molecule has 0 aliphatic carbocycles. The molecule has 10 atom stereocenters. The van der Waals surface area contributed by atoms with E-state index in [-0.39, 0.29) is 34.1 Å². The van der Waals surface area contributed by atoms with Gasteiger partial charge in [0.25, 0.3) is 12.1 Å². The van der Waals surface area contributed by atoms with Crippen molar-refractivity contribution in [3.63, 3.8) is 0 Å². The number of fused-ring (bicyclic) bond motifs is 5. The number of imidazole rings is 2. The quantitative estimate of drug-likeness (QED) is 0.141. The van der Waals surface area contributed by atoms with Gasteiger partial charge in [-0.15, -0.1) is 0 Å². The maximum absolute atomic E-state index is 15.9. The topological polar surface area (TPSA) is 269 Å². The van der Waals surface area contributed by atoms with Gasteiger partial charge < -0.3 is 35.1 Å². The van der Waals surface area contributed by atoms with Gasteiger partial charge in [-0.25, -0.2) is 33.3 Å². The molecule has 3 fully saturated rings. The number of nitrogen functional groups attached to an aromatic ring is 2. The molecule has 3 aliphatic rings. The van der Waals surface area contributed by atoms with Crippen molar-refractivity contribution >= 4 is 60.7 Å². The van der Waals surface area contributed by atoms with Crippen LogP contribution >= 0.6 is 26.6 Å². The molecule has 0 amide bonds. The van der Waals surface area contributed by atoms with Gasteiger partial charge in [-0.3, -0.25) is 32.5 Å². The van der Waals surface area contributed by atoms with Gasteiger partial charge in [0.15, 0.2) is 47.4 Å². The lowest BCUT2D eigenvalue weighted by Crippen LogP contribution is -2.36. The average Bonchev–Trinajstić information content (AvgIpc) is 3.75. The first kappa shape index (κ1) is 31.5. The Labute approximate surface area is 259 Å². The van der Waals surface area contributed by atoms with E-state index in [0.717, 1.165) is 17.2 Å². The van der Waals surface area contributed by atoms with E-state index >= 15 is 8.78 Å². The summed E-state index contributed by atoms with van der Waals surface area (Å²) in [5.74, 6) is -0.272. The number of ether oxygens (including phenoxy) is 3. The third-order valence-electron chi connectivity index (χ3n) is 7.44. The minimum atomic E-state index is -5.18. The number of thiol groups is 1. The highest BCUT2D eigenvalue weighted by atomic mass is 32.7. The first-order valence-corrected chi connectivity index (χ1v) is 17.8. The van der Waals surface area contributed by atoms with E-state index in [9.17, 15) is 18.8 Å². The highest BCUT2D eigenvalue weighted by Gasteiger charge is 2.53. The summed E-state index contributed by atoms with van der Waals surface area (Å²) in [6.07, 6.45) is -11.0. The fourth-order valence-corrected chi connectivity index (χ4v) is 7.50. The lowest BCUT2D eigenvalue weighted by atomic mass is 10.1. The van der Waals surface area contributed by atoms with Gasteiger partial charge in [-0.2, -0.15) is 4.98 Å². The van der Waals surface area contributed by atoms with Crippen molar-refractivity contribution < 1.29 is 50.6 Å². The average molecular weight is 708 g/mol. The van der Waals surface area contributed by atoms with Gasteiger partial charge in [-0.1, -0.05) is 12.2 Å². The van der Waals surface area contributed by atoms with E-state index in [1.54, 1.807) is 0 Å². The predicted octanol–water partition coefficient (Wildman–Crippen LogP) is 0.593. The predicted molar refractivity (Wildman–Crippen MR) is 153 cm³/mol. The molecule has 0 saturated carbocycles. The molecular weight excluding hydrogens is 684 g/mol. The number of halogens is 2. The number of phosphoric ester groups is 1. The number of nitrogens with two attached hydrogens (primary N) is 2. The lowest BCUT2D eigenvalue weighted by Gasteiger charge is -2.25. The van der Waals surface area contributed by atoms with Crippen LogP contribution in [0.1, 0.15) is 12.5 Å². The molecule has 25 heteroatoms. The number of anilines is 2. The zero-order valence-electron chi connectivity index (χ0n) is 23.0. The van der Waals surface area contributed by atoms with Crippen LogP contribution in [0.2, 0.25) is 0 Å². The van der Waals surface area contributed by atoms with Crippen LogP contribution < -0.4 is 17.0 Å². The summed E-state index contributed by atoms with van der Waals surface area (Å²) in [7, 11) is -5.18. The van der Waals surface area contributed by atoms with Crippen molar-refractivity contribution in [1.29, 1.82) is 0 Å². The molecule has 4 aromatic heterocycles. The number of H-pyrrole nitrogens is 1. The van der Waals surface area contributed by atoms with E-state index in [2.05, 4.69) is 42.2 Å². The second-order valence-corrected chi connectivity index (χ2v) is 15.4. The van der Waals surface area contributed by atoms with E-state index in [1.165, 1.54) is 10.9 Å². The Morgan fingerprint density at radius 2 is 1.63 bits per heavy atom. The number of hydrogen-bond donors (Lipinski definition) is 5. The molecule has 2 bridgehead atoms. The second kappa shape index (κ2) is 11.5. The molecule has 2 unspecified atom stereocenters. The van der Waals surface area contributed by atoms with Crippen molar-refractivity contribution in [2.24, 2.45) is 0 Å². The highest BCUT2D eigenvalue weighted by Crippen LogP contribution is 2.55. The van der Waals surface area contributed by atoms with E-state index in [0.29, 0.717) is 0 Å². The molecule has 4 aromatic rings. The van der Waals surface area contributed by atoms with Crippen LogP contribution in [0.4, 0.5) is 20.5 Å². The first-order chi connectivity index (χ1) is 21.8. The van der Waals surface area contributed by atoms with Crippen molar-refractivity contribution in [3.8, 4) is 0 Å². The smallest absolute Gasteiger partial charge is 0.382 e. The number of phosphoric acid groups is 1. The molecule has 0 aromatic carbocycles. The maximum atomic E-state index is 15.9. The number of aromatic nitrogens is 8. The fourth-order valence-electron chi connectivity index (χ4n) is 5.36. The van der Waals surface area contributed by atoms with Crippen LogP contribution in [0, 0.1) is 0 Å². The number of aromatic amines is 1. The van der Waals surface area contributed by atoms with Crippen LogP contribution in [0.3, 0.4) is 0 Å². The van der Waals surface area contributed by atoms with Crippen LogP contribution in [-0.4, -0.2) is 100 Å². The standard InChI is InChI=1S/C21H24F2N10O10P2S/c22-9-7-1-39-44(35,46)6-38-13-8(42-19(10(13)23)32-4-28-11-15(24)26-3-27-16(11)32)2-40-45(36,37)43-14(9)20(41-7)33-5-29-12-17(33)30-21(25)31-18(12)34/h3-5,7-10,13-14,19-20H,1-2,6H2,(H,35,46)(H,36,37)(H2,24,26,27)(H3,25,30,31,34)/t7-,8-,9-,10-,13-,14-,19-,20-,44?/m1/s1. The summed E-state index contributed by atoms with van der Waals surface area (Å²) in [6.45, 7) is -5.55. The van der Waals surface area contributed by atoms with Gasteiger partial charge in [0.1, 0.15) is 42.6 Å². The first-order valence-electron chi connectivity index (χ1n) is 13.3. The summed E-state index contributed by atoms with van der Waals surface area (Å²) in [6, 6.07) is 0. The van der Waals surface area contributed by atoms with Gasteiger partial charge in [-0.05, 0) is 0 Å². The van der Waals surface area contributed by atoms with E-state index in [1.807, 2.05) is 0 Å². The Balaban J connectivity index is 1.20. The molecular formula is C21H24F2N10O10P2S. The molecule has 0 radical (unpaired) electrons. The van der Waals surface area contributed by atoms with Gasteiger partial charge in [0.05, 0.1) is 25.9 Å². The highest BCUT2D eigenvalue weighted by molar-refractivity contribution is 8.46. The minimum absolute atomic E-state index is 0.0272. The molecule has 7 heterocycles. The number of nitrogens with one attached hydrogen (secondary N) is 1. The Hall–Kier alpha value is -3.11. The van der Waals surface area contributed by atoms with Crippen LogP contribution in [0.15, 0.2) is 23.8 Å². The third kappa shape index (κ3) is 5.59. The third-order valence-corrected chi connectivity index (χ3v) is 10.2. The largest absolute Gasteiger partial charge is 0.472 e. The zero-order valence-corrected chi connectivity index (χ0v) is 25.7. The van der Waals surface area contributed by atoms with Crippen LogP contribution in [0.25, 0.3) is 22.3 Å². The number of rotatable bonds is 2. The van der Waals surface area contributed by atoms with Crippen LogP contribution in [0.5, 0.6) is 0 Å². The van der Waals surface area contributed by atoms with Crippen molar-refractivity contribution in [3.05, 3.63) is 29.3 Å². The molecule has 248 valence electrons. The van der Waals surface area contributed by atoms with Gasteiger partial charge >= 0.3 is 7.82 Å². The monoisotopic (exact) mass is 708 g/mol. The van der Waals surface area contributed by atoms with Crippen LogP contribution in [-0.2, 0) is 36.9 Å². The maximum Gasteiger partial charge on any atom is 0.472 e. The number of nitrogens with zero attached hydrogens (tertiary/aromatic N) is 7. The summed E-state index contributed by atoms with van der Waals surface area (Å²) in [4.78, 5) is 45.2. The zero-order chi connectivity index (χ0) is 32.5. The fraction of sp³-hybridized carbons (Fsp3) is 0.524. The van der Waals surface area contributed by atoms with E-state index in [4.69, 9.17) is 39.2 Å². The molecule has 3 aliphatic heterocycles. The summed E-state index contributed by atoms with van der Waals surface area (Å²) < 4.78 is 93.3. The van der Waals surface area contributed by atoms with Crippen molar-refractivity contribution in [1.82, 2.24) is 39.0 Å².